The van der Waals surface area contributed by atoms with Crippen LogP contribution in [0.3, 0.4) is 0 Å². The number of rotatable bonds is 3. The molecule has 3 N–H and O–H groups in total. The number of hydrogen-bond donors (Lipinski definition) is 2. The summed E-state index contributed by atoms with van der Waals surface area (Å²) in [5, 5.41) is 13.4. The normalized spacial score (nSPS) is 21.0. The minimum absolute atomic E-state index is 0.159. The molecule has 1 aliphatic carbocycles. The summed E-state index contributed by atoms with van der Waals surface area (Å²) in [5.74, 6) is -0.109. The van der Waals surface area contributed by atoms with Crippen LogP contribution in [0.4, 0.5) is 11.5 Å². The Morgan fingerprint density at radius 3 is 3.00 bits per heavy atom. The number of nitriles is 1. The Hall–Kier alpha value is -3.59. The molecule has 1 amide bonds. The second-order valence-corrected chi connectivity index (χ2v) is 6.95. The summed E-state index contributed by atoms with van der Waals surface area (Å²) in [5.41, 5.74) is 9.73. The maximum atomic E-state index is 12.2. The van der Waals surface area contributed by atoms with Gasteiger partial charge in [-0.15, -0.1) is 0 Å². The molecule has 2 aromatic rings. The number of fused-ring (bicyclic) bond motifs is 1. The summed E-state index contributed by atoms with van der Waals surface area (Å²) in [6.45, 7) is 3.99. The second kappa shape index (κ2) is 6.29. The number of nitrogen functional groups attached to an aromatic ring is 1. The second-order valence-electron chi connectivity index (χ2n) is 6.95. The highest BCUT2D eigenvalue weighted by Crippen LogP contribution is 2.38. The summed E-state index contributed by atoms with van der Waals surface area (Å²) < 4.78 is 0. The van der Waals surface area contributed by atoms with E-state index >= 15 is 0 Å². The number of nitrogens with two attached hydrogens (primary N) is 1. The van der Waals surface area contributed by atoms with Crippen molar-refractivity contribution in [2.24, 2.45) is 11.8 Å². The van der Waals surface area contributed by atoms with Crippen molar-refractivity contribution in [3.8, 4) is 6.07 Å². The van der Waals surface area contributed by atoms with Crippen LogP contribution in [0.1, 0.15) is 12.0 Å². The number of pyridine rings is 1. The van der Waals surface area contributed by atoms with Gasteiger partial charge in [-0.25, -0.2) is 4.98 Å². The number of nitrogens with one attached hydrogen (secondary N) is 1. The van der Waals surface area contributed by atoms with Crippen molar-refractivity contribution in [3.05, 3.63) is 60.5 Å². The molecule has 2 heterocycles. The number of nitrogens with zero attached hydrogens (tertiary/aromatic N) is 3. The lowest BCUT2D eigenvalue weighted by Gasteiger charge is -2.23. The monoisotopic (exact) mass is 357 g/mol. The molecule has 2 atom stereocenters. The van der Waals surface area contributed by atoms with Crippen molar-refractivity contribution in [2.45, 2.75) is 6.42 Å². The Labute approximate surface area is 157 Å². The average Bonchev–Trinajstić information content (AvgIpc) is 3.43. The Bertz CT molecular complexity index is 1080. The van der Waals surface area contributed by atoms with Gasteiger partial charge in [-0.1, -0.05) is 6.58 Å². The van der Waals surface area contributed by atoms with Gasteiger partial charge in [-0.3, -0.25) is 4.79 Å². The van der Waals surface area contributed by atoms with E-state index in [4.69, 9.17) is 11.0 Å². The van der Waals surface area contributed by atoms with E-state index in [9.17, 15) is 4.79 Å². The summed E-state index contributed by atoms with van der Waals surface area (Å²) in [6, 6.07) is 7.87. The van der Waals surface area contributed by atoms with Gasteiger partial charge in [0.2, 0.25) is 5.91 Å². The lowest BCUT2D eigenvalue weighted by Crippen LogP contribution is -2.15. The molecule has 134 valence electrons. The van der Waals surface area contributed by atoms with Gasteiger partial charge in [0.1, 0.15) is 5.82 Å². The number of anilines is 2. The third kappa shape index (κ3) is 3.15. The number of aromatic nitrogens is 1. The molecule has 0 unspecified atom stereocenters. The Morgan fingerprint density at radius 1 is 1.44 bits per heavy atom. The highest BCUT2D eigenvalue weighted by atomic mass is 16.2. The van der Waals surface area contributed by atoms with Gasteiger partial charge in [0.15, 0.2) is 0 Å². The summed E-state index contributed by atoms with van der Waals surface area (Å²) in [6.07, 6.45) is 8.18. The van der Waals surface area contributed by atoms with E-state index < -0.39 is 0 Å². The summed E-state index contributed by atoms with van der Waals surface area (Å²) in [4.78, 5) is 18.5. The molecule has 4 rings (SSSR count). The quantitative estimate of drug-likeness (QED) is 0.822. The Balaban J connectivity index is 1.67. The van der Waals surface area contributed by atoms with Crippen LogP contribution in [0.15, 0.2) is 54.9 Å². The molecular formula is C21H19N5O. The van der Waals surface area contributed by atoms with Gasteiger partial charge < -0.3 is 16.0 Å². The lowest BCUT2D eigenvalue weighted by atomic mass is 10.0. The van der Waals surface area contributed by atoms with Gasteiger partial charge in [0.25, 0.3) is 0 Å². The molecule has 1 saturated carbocycles. The molecule has 1 aromatic carbocycles. The van der Waals surface area contributed by atoms with Crippen LogP contribution in [0, 0.1) is 23.2 Å². The van der Waals surface area contributed by atoms with E-state index in [1.807, 2.05) is 48.5 Å². The number of carbonyl (C=O) groups is 1. The largest absolute Gasteiger partial charge is 0.398 e. The molecule has 0 saturated heterocycles. The van der Waals surface area contributed by atoms with Gasteiger partial charge in [-0.2, -0.15) is 5.26 Å². The predicted octanol–water partition coefficient (Wildman–Crippen LogP) is 3.27. The molecule has 0 radical (unpaired) electrons. The van der Waals surface area contributed by atoms with Gasteiger partial charge >= 0.3 is 0 Å². The topological polar surface area (TPSA) is 95.0 Å². The standard InChI is InChI=1S/C21H19N5O/c1-12-3-4-26(2)19(5-12)14-6-13-9-20(24-11-17(13)18(23)8-14)25-21(27)16-7-15(16)10-22/h3-6,8-9,11,15-16H,1,7,23H2,2H3,(H,24,25,27)/t15-,16+/m1/s1. The van der Waals surface area contributed by atoms with Crippen LogP contribution in [0.5, 0.6) is 0 Å². The minimum Gasteiger partial charge on any atom is -0.398 e. The van der Waals surface area contributed by atoms with Crippen molar-refractivity contribution in [2.75, 3.05) is 18.1 Å². The highest BCUT2D eigenvalue weighted by Gasteiger charge is 2.43. The summed E-state index contributed by atoms with van der Waals surface area (Å²) in [7, 11) is 1.97. The smallest absolute Gasteiger partial charge is 0.230 e. The summed E-state index contributed by atoms with van der Waals surface area (Å²) >= 11 is 0. The van der Waals surface area contributed by atoms with Crippen molar-refractivity contribution in [3.63, 3.8) is 0 Å². The van der Waals surface area contributed by atoms with Crippen molar-refractivity contribution in [1.29, 1.82) is 5.26 Å². The number of amides is 1. The fourth-order valence-electron chi connectivity index (χ4n) is 3.25. The fourth-order valence-corrected chi connectivity index (χ4v) is 3.25. The third-order valence-electron chi connectivity index (χ3n) is 4.92. The molecule has 0 bridgehead atoms. The van der Waals surface area contributed by atoms with Crippen molar-refractivity contribution >= 4 is 33.9 Å². The molecule has 2 aliphatic rings. The zero-order valence-electron chi connectivity index (χ0n) is 14.9. The van der Waals surface area contributed by atoms with E-state index in [1.54, 1.807) is 6.20 Å². The van der Waals surface area contributed by atoms with Gasteiger partial charge in [0.05, 0.1) is 17.9 Å². The number of carbonyl (C=O) groups excluding carboxylic acids is 1. The first-order valence-electron chi connectivity index (χ1n) is 8.68. The molecule has 0 spiro atoms. The van der Waals surface area contributed by atoms with Crippen LogP contribution < -0.4 is 11.1 Å². The van der Waals surface area contributed by atoms with E-state index in [0.717, 1.165) is 27.6 Å². The molecule has 6 nitrogen and oxygen atoms in total. The Kier molecular flexibility index (Phi) is 3.93. The Morgan fingerprint density at radius 2 is 2.26 bits per heavy atom. The lowest BCUT2D eigenvalue weighted by molar-refractivity contribution is -0.117. The number of benzene rings is 1. The zero-order valence-corrected chi connectivity index (χ0v) is 14.9. The van der Waals surface area contributed by atoms with Crippen molar-refractivity contribution < 1.29 is 4.79 Å². The predicted molar refractivity (Wildman–Crippen MR) is 106 cm³/mol. The first-order valence-corrected chi connectivity index (χ1v) is 8.68. The molecule has 6 heteroatoms. The molecule has 27 heavy (non-hydrogen) atoms. The number of allylic oxidation sites excluding steroid dienone is 3. The van der Waals surface area contributed by atoms with Crippen LogP contribution in [-0.2, 0) is 4.79 Å². The van der Waals surface area contributed by atoms with Gasteiger partial charge in [-0.05, 0) is 47.7 Å². The van der Waals surface area contributed by atoms with E-state index in [-0.39, 0.29) is 17.7 Å². The zero-order chi connectivity index (χ0) is 19.1. The van der Waals surface area contributed by atoms with Crippen LogP contribution in [-0.4, -0.2) is 22.8 Å². The minimum atomic E-state index is -0.234. The molecule has 1 aromatic heterocycles. The first kappa shape index (κ1) is 16.9. The van der Waals surface area contributed by atoms with E-state index in [0.29, 0.717) is 17.9 Å². The van der Waals surface area contributed by atoms with Crippen LogP contribution in [0.25, 0.3) is 16.5 Å². The van der Waals surface area contributed by atoms with Crippen LogP contribution in [0.2, 0.25) is 0 Å². The number of hydrogen-bond acceptors (Lipinski definition) is 5. The van der Waals surface area contributed by atoms with Gasteiger partial charge in [0, 0.05) is 41.8 Å². The first-order chi connectivity index (χ1) is 13.0. The highest BCUT2D eigenvalue weighted by molar-refractivity contribution is 5.99. The average molecular weight is 357 g/mol. The SMILES string of the molecule is C=C1C=CN(C)C(c2cc(N)c3cnc(NC(=O)[C@H]4C[C@@H]4C#N)cc3c2)=C1. The molecular weight excluding hydrogens is 338 g/mol. The molecule has 1 aliphatic heterocycles. The van der Waals surface area contributed by atoms with E-state index in [1.165, 1.54) is 0 Å². The molecule has 1 fully saturated rings. The fraction of sp³-hybridized carbons (Fsp3) is 0.190. The maximum absolute atomic E-state index is 12.2. The van der Waals surface area contributed by atoms with Crippen LogP contribution >= 0.6 is 0 Å². The third-order valence-corrected chi connectivity index (χ3v) is 4.92. The van der Waals surface area contributed by atoms with Crippen molar-refractivity contribution in [1.82, 2.24) is 9.88 Å². The maximum Gasteiger partial charge on any atom is 0.230 e. The van der Waals surface area contributed by atoms with E-state index in [2.05, 4.69) is 22.9 Å².